The van der Waals surface area contributed by atoms with Crippen molar-refractivity contribution in [2.45, 2.75) is 0 Å². The second-order valence-electron chi connectivity index (χ2n) is 2.69. The molecule has 14 heavy (non-hydrogen) atoms. The van der Waals surface area contributed by atoms with E-state index >= 15 is 0 Å². The van der Waals surface area contributed by atoms with Crippen molar-refractivity contribution in [2.75, 3.05) is 6.54 Å². The fourth-order valence-electron chi connectivity index (χ4n) is 1.10. The van der Waals surface area contributed by atoms with Gasteiger partial charge in [-0.2, -0.15) is 0 Å². The monoisotopic (exact) mass is 210 g/mol. The molecule has 0 aromatic carbocycles. The van der Waals surface area contributed by atoms with Crippen molar-refractivity contribution in [1.82, 2.24) is 14.4 Å². The molecule has 0 aliphatic carbocycles. The fourth-order valence-corrected chi connectivity index (χ4v) is 1.28. The molecule has 0 aliphatic heterocycles. The summed E-state index contributed by atoms with van der Waals surface area (Å²) in [6.07, 6.45) is 3.11. The van der Waals surface area contributed by atoms with Crippen LogP contribution in [0.3, 0.4) is 0 Å². The molecule has 2 rings (SSSR count). The summed E-state index contributed by atoms with van der Waals surface area (Å²) >= 11 is 5.79. The molecule has 2 N–H and O–H groups in total. The highest BCUT2D eigenvalue weighted by molar-refractivity contribution is 6.29. The van der Waals surface area contributed by atoms with Crippen LogP contribution >= 0.6 is 11.6 Å². The third kappa shape index (κ3) is 1.36. The van der Waals surface area contributed by atoms with Crippen LogP contribution in [-0.2, 0) is 0 Å². The summed E-state index contributed by atoms with van der Waals surface area (Å²) in [6, 6.07) is 1.57. The minimum absolute atomic E-state index is 0.0579. The molecule has 0 unspecified atom stereocenters. The number of carbonyl (C=O) groups is 1. The second-order valence-corrected chi connectivity index (χ2v) is 3.08. The van der Waals surface area contributed by atoms with Gasteiger partial charge in [-0.1, -0.05) is 11.6 Å². The average Bonchev–Trinajstić information content (AvgIpc) is 2.59. The Kier molecular flexibility index (Phi) is 2.18. The van der Waals surface area contributed by atoms with E-state index in [0.717, 1.165) is 0 Å². The summed E-state index contributed by atoms with van der Waals surface area (Å²) < 4.78 is 1.58. The zero-order chi connectivity index (χ0) is 10.1. The summed E-state index contributed by atoms with van der Waals surface area (Å²) in [5.41, 5.74) is 5.52. The molecule has 0 amide bonds. The van der Waals surface area contributed by atoms with Gasteiger partial charge in [-0.15, -0.1) is 0 Å². The number of ketones is 1. The van der Waals surface area contributed by atoms with Crippen molar-refractivity contribution in [3.63, 3.8) is 0 Å². The quantitative estimate of drug-likeness (QED) is 0.734. The highest BCUT2D eigenvalue weighted by Crippen LogP contribution is 2.10. The summed E-state index contributed by atoms with van der Waals surface area (Å²) in [4.78, 5) is 19.1. The SMILES string of the molecule is NCC(=O)c1ccn2c(Cl)cnc2n1. The van der Waals surface area contributed by atoms with Crippen molar-refractivity contribution in [2.24, 2.45) is 5.73 Å². The first kappa shape index (κ1) is 9.11. The van der Waals surface area contributed by atoms with Gasteiger partial charge < -0.3 is 5.73 Å². The second kappa shape index (κ2) is 3.36. The maximum atomic E-state index is 11.2. The maximum Gasteiger partial charge on any atom is 0.235 e. The van der Waals surface area contributed by atoms with E-state index in [1.54, 1.807) is 16.7 Å². The number of rotatable bonds is 2. The van der Waals surface area contributed by atoms with Gasteiger partial charge in [-0.3, -0.25) is 9.20 Å². The van der Waals surface area contributed by atoms with Gasteiger partial charge in [-0.05, 0) is 6.07 Å². The molecular weight excluding hydrogens is 204 g/mol. The Hall–Kier alpha value is -1.46. The first-order valence-electron chi connectivity index (χ1n) is 3.95. The zero-order valence-corrected chi connectivity index (χ0v) is 7.90. The number of fused-ring (bicyclic) bond motifs is 1. The van der Waals surface area contributed by atoms with E-state index in [4.69, 9.17) is 17.3 Å². The van der Waals surface area contributed by atoms with Crippen LogP contribution in [0.25, 0.3) is 5.78 Å². The summed E-state index contributed by atoms with van der Waals surface area (Å²) in [5, 5.41) is 0.458. The van der Waals surface area contributed by atoms with Gasteiger partial charge in [0.2, 0.25) is 5.78 Å². The molecular formula is C8H7ClN4O. The van der Waals surface area contributed by atoms with Crippen molar-refractivity contribution < 1.29 is 4.79 Å². The smallest absolute Gasteiger partial charge is 0.235 e. The van der Waals surface area contributed by atoms with Gasteiger partial charge in [0.05, 0.1) is 12.7 Å². The Labute approximate surface area is 84.5 Å². The lowest BCUT2D eigenvalue weighted by atomic mass is 10.3. The van der Waals surface area contributed by atoms with Crippen LogP contribution < -0.4 is 5.73 Å². The van der Waals surface area contributed by atoms with Crippen LogP contribution in [0.4, 0.5) is 0 Å². The maximum absolute atomic E-state index is 11.2. The number of hydrogen-bond acceptors (Lipinski definition) is 4. The van der Waals surface area contributed by atoms with E-state index in [2.05, 4.69) is 9.97 Å². The molecule has 2 aromatic rings. The van der Waals surface area contributed by atoms with E-state index in [0.29, 0.717) is 16.6 Å². The lowest BCUT2D eigenvalue weighted by Crippen LogP contribution is -2.15. The lowest BCUT2D eigenvalue weighted by Gasteiger charge is -1.97. The molecule has 2 aromatic heterocycles. The van der Waals surface area contributed by atoms with Crippen molar-refractivity contribution in [3.05, 3.63) is 29.3 Å². The van der Waals surface area contributed by atoms with Crippen LogP contribution in [0.5, 0.6) is 0 Å². The Balaban J connectivity index is 2.57. The number of nitrogens with zero attached hydrogens (tertiary/aromatic N) is 3. The molecule has 0 spiro atoms. The number of carbonyl (C=O) groups excluding carboxylic acids is 1. The molecule has 0 saturated heterocycles. The Morgan fingerprint density at radius 2 is 2.43 bits per heavy atom. The van der Waals surface area contributed by atoms with E-state index in [9.17, 15) is 4.79 Å². The molecule has 2 heterocycles. The zero-order valence-electron chi connectivity index (χ0n) is 7.14. The topological polar surface area (TPSA) is 73.3 Å². The highest BCUT2D eigenvalue weighted by Gasteiger charge is 2.07. The van der Waals surface area contributed by atoms with Crippen LogP contribution in [-0.4, -0.2) is 26.7 Å². The number of aromatic nitrogens is 3. The standard InChI is InChI=1S/C8H7ClN4O/c9-7-4-11-8-12-5(6(14)3-10)1-2-13(7)8/h1-2,4H,3,10H2. The molecule has 0 bridgehead atoms. The summed E-state index contributed by atoms with van der Waals surface area (Å²) in [7, 11) is 0. The van der Waals surface area contributed by atoms with Gasteiger partial charge in [0.15, 0.2) is 5.78 Å². The summed E-state index contributed by atoms with van der Waals surface area (Å²) in [5.74, 6) is 0.181. The number of halogens is 1. The predicted octanol–water partition coefficient (Wildman–Crippen LogP) is 0.524. The molecule has 0 atom stereocenters. The molecule has 6 heteroatoms. The third-order valence-corrected chi connectivity index (χ3v) is 2.08. The van der Waals surface area contributed by atoms with Gasteiger partial charge in [-0.25, -0.2) is 9.97 Å². The molecule has 0 aliphatic rings. The van der Waals surface area contributed by atoms with E-state index < -0.39 is 0 Å². The first-order valence-corrected chi connectivity index (χ1v) is 4.33. The minimum atomic E-state index is -0.216. The molecule has 72 valence electrons. The van der Waals surface area contributed by atoms with E-state index in [1.165, 1.54) is 6.20 Å². The minimum Gasteiger partial charge on any atom is -0.324 e. The normalized spacial score (nSPS) is 10.7. The molecule has 0 saturated carbocycles. The largest absolute Gasteiger partial charge is 0.324 e. The van der Waals surface area contributed by atoms with Crippen molar-refractivity contribution >= 4 is 23.2 Å². The number of Topliss-reactive ketones (excluding diaryl/α,β-unsaturated/α-hetero) is 1. The summed E-state index contributed by atoms with van der Waals surface area (Å²) in [6.45, 7) is -0.0579. The predicted molar refractivity (Wildman–Crippen MR) is 51.4 cm³/mol. The Bertz CT molecular complexity index is 493. The Morgan fingerprint density at radius 1 is 1.64 bits per heavy atom. The molecule has 5 nitrogen and oxygen atoms in total. The first-order chi connectivity index (χ1) is 6.72. The van der Waals surface area contributed by atoms with Gasteiger partial charge in [0, 0.05) is 6.20 Å². The van der Waals surface area contributed by atoms with Gasteiger partial charge in [0.25, 0.3) is 0 Å². The van der Waals surface area contributed by atoms with E-state index in [1.807, 2.05) is 0 Å². The third-order valence-electron chi connectivity index (χ3n) is 1.81. The lowest BCUT2D eigenvalue weighted by molar-refractivity contribution is 0.0997. The fraction of sp³-hybridized carbons (Fsp3) is 0.125. The van der Waals surface area contributed by atoms with Crippen molar-refractivity contribution in [3.8, 4) is 0 Å². The highest BCUT2D eigenvalue weighted by atomic mass is 35.5. The van der Waals surface area contributed by atoms with Crippen LogP contribution in [0.1, 0.15) is 10.5 Å². The van der Waals surface area contributed by atoms with E-state index in [-0.39, 0.29) is 12.3 Å². The number of imidazole rings is 1. The number of hydrogen-bond donors (Lipinski definition) is 1. The van der Waals surface area contributed by atoms with Crippen LogP contribution in [0, 0.1) is 0 Å². The van der Waals surface area contributed by atoms with Gasteiger partial charge >= 0.3 is 0 Å². The Morgan fingerprint density at radius 3 is 3.14 bits per heavy atom. The molecule has 0 fully saturated rings. The van der Waals surface area contributed by atoms with Gasteiger partial charge in [0.1, 0.15) is 10.8 Å². The molecule has 0 radical (unpaired) electrons. The average molecular weight is 211 g/mol. The van der Waals surface area contributed by atoms with Crippen molar-refractivity contribution in [1.29, 1.82) is 0 Å². The van der Waals surface area contributed by atoms with Crippen LogP contribution in [0.15, 0.2) is 18.5 Å². The number of nitrogens with two attached hydrogens (primary N) is 1. The van der Waals surface area contributed by atoms with Crippen LogP contribution in [0.2, 0.25) is 5.15 Å².